The number of carbonyl (C=O) groups excluding carboxylic acids is 1. The number of rotatable bonds is 7. The minimum absolute atomic E-state index is 0.357. The molecular formula is C41H40N2O4. The van der Waals surface area contributed by atoms with E-state index < -0.39 is 5.60 Å². The van der Waals surface area contributed by atoms with Crippen LogP contribution in [0.5, 0.6) is 17.2 Å². The van der Waals surface area contributed by atoms with Crippen molar-refractivity contribution < 1.29 is 19.0 Å². The molecule has 5 aromatic rings. The summed E-state index contributed by atoms with van der Waals surface area (Å²) < 4.78 is 19.4. The van der Waals surface area contributed by atoms with Crippen molar-refractivity contribution in [3.8, 4) is 17.2 Å². The van der Waals surface area contributed by atoms with Gasteiger partial charge >= 0.3 is 5.97 Å². The van der Waals surface area contributed by atoms with Crippen molar-refractivity contribution in [3.05, 3.63) is 136 Å². The molecule has 6 heteroatoms. The van der Waals surface area contributed by atoms with E-state index in [0.717, 1.165) is 52.5 Å². The number of esters is 1. The van der Waals surface area contributed by atoms with Crippen molar-refractivity contribution in [1.29, 1.82) is 0 Å². The number of ether oxygens (including phenoxy) is 3. The molecule has 5 aromatic carbocycles. The third-order valence-corrected chi connectivity index (χ3v) is 9.86. The van der Waals surface area contributed by atoms with Crippen LogP contribution in [-0.4, -0.2) is 26.2 Å². The molecule has 0 fully saturated rings. The molecule has 0 aromatic heterocycles. The zero-order valence-corrected chi connectivity index (χ0v) is 28.1. The van der Waals surface area contributed by atoms with Crippen molar-refractivity contribution in [2.24, 2.45) is 0 Å². The topological polar surface area (TPSA) is 51.2 Å². The minimum atomic E-state index is -1.21. The Bertz CT molecular complexity index is 1990. The molecule has 0 saturated carbocycles. The molecule has 47 heavy (non-hydrogen) atoms. The normalized spacial score (nSPS) is 15.8. The Morgan fingerprint density at radius 1 is 0.660 bits per heavy atom. The average Bonchev–Trinajstić information content (AvgIpc) is 3.37. The lowest BCUT2D eigenvalue weighted by atomic mass is 9.77. The van der Waals surface area contributed by atoms with E-state index in [1.165, 1.54) is 22.3 Å². The van der Waals surface area contributed by atoms with Crippen molar-refractivity contribution in [1.82, 2.24) is 0 Å². The largest absolute Gasteiger partial charge is 0.494 e. The second kappa shape index (κ2) is 11.5. The Hall–Kier alpha value is -5.23. The minimum Gasteiger partial charge on any atom is -0.494 e. The van der Waals surface area contributed by atoms with Gasteiger partial charge < -0.3 is 24.0 Å². The van der Waals surface area contributed by atoms with Gasteiger partial charge in [0, 0.05) is 59.0 Å². The van der Waals surface area contributed by atoms with Crippen LogP contribution in [-0.2, 0) is 10.3 Å². The maximum absolute atomic E-state index is 13.6. The molecule has 2 aliphatic heterocycles. The highest BCUT2D eigenvalue weighted by molar-refractivity contribution is 5.97. The van der Waals surface area contributed by atoms with Crippen LogP contribution < -0.4 is 19.3 Å². The Morgan fingerprint density at radius 2 is 1.28 bits per heavy atom. The summed E-state index contributed by atoms with van der Waals surface area (Å²) in [4.78, 5) is 18.1. The van der Waals surface area contributed by atoms with Crippen molar-refractivity contribution in [2.45, 2.75) is 47.1 Å². The first-order valence-corrected chi connectivity index (χ1v) is 16.3. The summed E-state index contributed by atoms with van der Waals surface area (Å²) in [6.07, 6.45) is 0. The Morgan fingerprint density at radius 3 is 1.89 bits per heavy atom. The number of hydrogen-bond acceptors (Lipinski definition) is 6. The van der Waals surface area contributed by atoms with Gasteiger partial charge in [-0.3, -0.25) is 0 Å². The molecule has 0 radical (unpaired) electrons. The van der Waals surface area contributed by atoms with Crippen LogP contribution in [0.2, 0.25) is 0 Å². The zero-order valence-electron chi connectivity index (χ0n) is 28.1. The summed E-state index contributed by atoms with van der Waals surface area (Å²) in [6, 6.07) is 30.8. The summed E-state index contributed by atoms with van der Waals surface area (Å²) in [7, 11) is 1.68. The van der Waals surface area contributed by atoms with Crippen LogP contribution >= 0.6 is 0 Å². The number of methoxy groups -OCH3 is 1. The van der Waals surface area contributed by atoms with E-state index in [9.17, 15) is 4.79 Å². The first-order chi connectivity index (χ1) is 22.7. The summed E-state index contributed by atoms with van der Waals surface area (Å²) in [5.74, 6) is 1.52. The smallest absolute Gasteiger partial charge is 0.340 e. The van der Waals surface area contributed by atoms with Gasteiger partial charge in [-0.25, -0.2) is 4.79 Å². The number of anilines is 4. The molecule has 1 spiro atoms. The number of aryl methyl sites for hydroxylation is 4. The number of benzene rings is 5. The third kappa shape index (κ3) is 4.73. The van der Waals surface area contributed by atoms with Crippen LogP contribution in [0.1, 0.15) is 63.1 Å². The van der Waals surface area contributed by atoms with E-state index >= 15 is 0 Å². The molecule has 6 nitrogen and oxygen atoms in total. The van der Waals surface area contributed by atoms with Gasteiger partial charge in [-0.2, -0.15) is 0 Å². The molecule has 0 bridgehead atoms. The van der Waals surface area contributed by atoms with Gasteiger partial charge in [0.2, 0.25) is 0 Å². The fourth-order valence-electron chi connectivity index (χ4n) is 6.96. The van der Waals surface area contributed by atoms with Crippen molar-refractivity contribution >= 4 is 28.7 Å². The zero-order chi connectivity index (χ0) is 33.0. The lowest BCUT2D eigenvalue weighted by Crippen LogP contribution is -2.33. The number of carbonyl (C=O) groups is 1. The maximum Gasteiger partial charge on any atom is 0.340 e. The molecule has 1 atom stereocenters. The fourth-order valence-corrected chi connectivity index (χ4v) is 6.96. The number of hydrogen-bond donors (Lipinski definition) is 0. The summed E-state index contributed by atoms with van der Waals surface area (Å²) >= 11 is 0. The molecule has 1 unspecified atom stereocenters. The average molecular weight is 625 g/mol. The summed E-state index contributed by atoms with van der Waals surface area (Å²) in [5, 5.41) is 0. The van der Waals surface area contributed by atoms with Crippen molar-refractivity contribution in [2.75, 3.05) is 30.0 Å². The number of fused-ring (bicyclic) bond motifs is 6. The second-order valence-corrected chi connectivity index (χ2v) is 12.5. The maximum atomic E-state index is 13.6. The molecule has 0 amide bonds. The van der Waals surface area contributed by atoms with E-state index in [1.807, 2.05) is 30.3 Å². The van der Waals surface area contributed by atoms with Crippen LogP contribution in [0.4, 0.5) is 22.7 Å². The molecule has 238 valence electrons. The van der Waals surface area contributed by atoms with E-state index in [1.54, 1.807) is 7.11 Å². The lowest BCUT2D eigenvalue weighted by Gasteiger charge is -2.38. The second-order valence-electron chi connectivity index (χ2n) is 12.5. The molecule has 0 aliphatic carbocycles. The van der Waals surface area contributed by atoms with E-state index in [4.69, 9.17) is 14.2 Å². The third-order valence-electron chi connectivity index (χ3n) is 9.86. The van der Waals surface area contributed by atoms with Gasteiger partial charge in [-0.05, 0) is 112 Å². The lowest BCUT2D eigenvalue weighted by molar-refractivity contribution is 0.0224. The Kier molecular flexibility index (Phi) is 7.47. The Labute approximate surface area is 277 Å². The Balaban J connectivity index is 1.52. The van der Waals surface area contributed by atoms with E-state index in [0.29, 0.717) is 22.8 Å². The van der Waals surface area contributed by atoms with Crippen LogP contribution in [0.15, 0.2) is 91.0 Å². The first kappa shape index (κ1) is 30.4. The predicted octanol–water partition coefficient (Wildman–Crippen LogP) is 9.81. The number of nitrogens with zero attached hydrogens (tertiary/aromatic N) is 2. The van der Waals surface area contributed by atoms with E-state index in [2.05, 4.69) is 112 Å². The van der Waals surface area contributed by atoms with Gasteiger partial charge in [0.15, 0.2) is 5.60 Å². The van der Waals surface area contributed by atoms with E-state index in [-0.39, 0.29) is 5.97 Å². The monoisotopic (exact) mass is 624 g/mol. The fraction of sp³-hybridized carbons (Fsp3) is 0.244. The molecule has 7 rings (SSSR count). The quantitative estimate of drug-likeness (QED) is 0.168. The van der Waals surface area contributed by atoms with Gasteiger partial charge in [0.25, 0.3) is 0 Å². The SMILES string of the molecule is CCN(CC)c1ccc2c(c1)Oc1cc(OC)c(N(c3ccc(C)c(C)c3)c3ccc(C)c(C)c3)cc1C21OC(=O)c2ccccc21. The highest BCUT2D eigenvalue weighted by atomic mass is 16.6. The van der Waals surface area contributed by atoms with Gasteiger partial charge in [-0.15, -0.1) is 0 Å². The van der Waals surface area contributed by atoms with Crippen LogP contribution in [0, 0.1) is 27.7 Å². The van der Waals surface area contributed by atoms with Gasteiger partial charge in [-0.1, -0.05) is 30.3 Å². The molecule has 2 aliphatic rings. The molecule has 0 N–H and O–H groups in total. The van der Waals surface area contributed by atoms with Gasteiger partial charge in [0.1, 0.15) is 17.2 Å². The summed E-state index contributed by atoms with van der Waals surface area (Å²) in [6.45, 7) is 14.5. The highest BCUT2D eigenvalue weighted by Gasteiger charge is 2.54. The standard InChI is InChI=1S/C41H40N2O4/c1-8-42(9-2)29-18-19-34-37(22-29)46-38-24-39(45-7)36(23-35(38)41(34)33-13-11-10-12-32(33)40(44)47-41)43(30-16-14-25(3)27(5)20-30)31-17-15-26(4)28(6)21-31/h10-24H,8-9H2,1-7H3. The van der Waals surface area contributed by atoms with Crippen LogP contribution in [0.3, 0.4) is 0 Å². The summed E-state index contributed by atoms with van der Waals surface area (Å²) in [5.41, 5.74) is 10.3. The van der Waals surface area contributed by atoms with Crippen LogP contribution in [0.25, 0.3) is 0 Å². The van der Waals surface area contributed by atoms with Gasteiger partial charge in [0.05, 0.1) is 18.4 Å². The molecule has 0 saturated heterocycles. The predicted molar refractivity (Wildman–Crippen MR) is 188 cm³/mol. The highest BCUT2D eigenvalue weighted by Crippen LogP contribution is 2.59. The molecule has 2 heterocycles. The first-order valence-electron chi connectivity index (χ1n) is 16.3. The molecular weight excluding hydrogens is 584 g/mol. The van der Waals surface area contributed by atoms with Crippen molar-refractivity contribution in [3.63, 3.8) is 0 Å².